The number of ether oxygens (including phenoxy) is 4. The summed E-state index contributed by atoms with van der Waals surface area (Å²) in [6.45, 7) is 4.79. The summed E-state index contributed by atoms with van der Waals surface area (Å²) in [5.74, 6) is -1.99. The Morgan fingerprint density at radius 3 is 1.00 bits per heavy atom. The molecule has 0 rings (SSSR count). The van der Waals surface area contributed by atoms with Crippen LogP contribution in [0.5, 0.6) is 0 Å². The van der Waals surface area contributed by atoms with E-state index >= 15 is 0 Å². The van der Waals surface area contributed by atoms with Crippen molar-refractivity contribution in [3.63, 3.8) is 0 Å². The number of hydrogen-bond acceptors (Lipinski definition) is 7. The quantitative estimate of drug-likeness (QED) is 0.0211. The van der Waals surface area contributed by atoms with E-state index in [0.717, 1.165) is 77.0 Å². The molecule has 0 aliphatic carbocycles. The minimum atomic E-state index is -1.51. The number of aliphatic carboxylic acids is 1. The van der Waals surface area contributed by atoms with Crippen LogP contribution in [0.3, 0.4) is 0 Å². The first kappa shape index (κ1) is 81.5. The lowest BCUT2D eigenvalue weighted by Gasteiger charge is -2.25. The summed E-state index contributed by atoms with van der Waals surface area (Å²) in [5.41, 5.74) is 0. The van der Waals surface area contributed by atoms with Gasteiger partial charge in [0.25, 0.3) is 6.29 Å². The van der Waals surface area contributed by atoms with Gasteiger partial charge in [0.2, 0.25) is 0 Å². The van der Waals surface area contributed by atoms with E-state index in [9.17, 15) is 19.5 Å². The van der Waals surface area contributed by atoms with Crippen LogP contribution in [0.4, 0.5) is 0 Å². The molecule has 0 aromatic carbocycles. The lowest BCUT2D eigenvalue weighted by molar-refractivity contribution is -0.870. The molecule has 0 saturated heterocycles. The van der Waals surface area contributed by atoms with Crippen molar-refractivity contribution in [2.75, 3.05) is 47.5 Å². The number of esters is 2. The molecule has 0 spiro atoms. The zero-order chi connectivity index (χ0) is 61.9. The zero-order valence-electron chi connectivity index (χ0n) is 56.3. The van der Waals surface area contributed by atoms with Crippen LogP contribution in [-0.4, -0.2) is 87.4 Å². The highest BCUT2D eigenvalue weighted by Gasteiger charge is 2.25. The molecule has 1 N–H and O–H groups in total. The molecule has 0 aromatic rings. The second-order valence-electron chi connectivity index (χ2n) is 25.2. The molecule has 0 aromatic heterocycles. The van der Waals surface area contributed by atoms with Gasteiger partial charge in [-0.2, -0.15) is 0 Å². The number of likely N-dealkylation sites (N-methyl/N-ethyl adjacent to an activating group) is 1. The van der Waals surface area contributed by atoms with E-state index in [1.807, 2.05) is 21.1 Å². The van der Waals surface area contributed by atoms with Crippen LogP contribution in [0, 0.1) is 0 Å². The minimum absolute atomic E-state index is 0.182. The maximum Gasteiger partial charge on any atom is 0.361 e. The summed E-state index contributed by atoms with van der Waals surface area (Å²) < 4.78 is 23.0. The van der Waals surface area contributed by atoms with E-state index in [4.69, 9.17) is 18.9 Å². The standard InChI is InChI=1S/C76H135NO8/c1-6-8-10-12-14-16-18-20-22-24-26-28-30-32-34-36-37-39-40-42-44-46-48-50-52-54-56-58-60-62-64-66-73(78)83-70-72(71-84-76(75(80)81)82-69-68-77(3,4)5)85-74(79)67-65-63-61-59-57-55-53-51-49-47-45-43-41-38-35-33-31-29-27-25-23-21-19-17-15-13-11-9-7-2/h9,11,15,17-18,20-21,23-24,26-27,29-30,32,72,76H,6-8,10,12-14,16,19,22,25,28,31,33-71H2,1-5H3/p+1/b11-9-,17-15-,20-18-,23-21-,26-24-,29-27-,32-30-. The third-order valence-corrected chi connectivity index (χ3v) is 15.6. The first-order chi connectivity index (χ1) is 41.6. The number of allylic oxidation sites excluding steroid dienone is 14. The highest BCUT2D eigenvalue weighted by Crippen LogP contribution is 2.18. The van der Waals surface area contributed by atoms with Crippen molar-refractivity contribution in [3.8, 4) is 0 Å². The number of carbonyl (C=O) groups excluding carboxylic acids is 2. The van der Waals surface area contributed by atoms with Gasteiger partial charge in [-0.25, -0.2) is 4.79 Å². The Bertz CT molecular complexity index is 1670. The summed E-state index contributed by atoms with van der Waals surface area (Å²) in [7, 11) is 5.98. The van der Waals surface area contributed by atoms with E-state index < -0.39 is 24.3 Å². The molecule has 0 aliphatic rings. The second kappa shape index (κ2) is 66.4. The fourth-order valence-corrected chi connectivity index (χ4v) is 10.2. The Morgan fingerprint density at radius 2 is 0.671 bits per heavy atom. The molecular formula is C76H136NO8+. The van der Waals surface area contributed by atoms with Gasteiger partial charge in [0, 0.05) is 12.8 Å². The number of rotatable bonds is 66. The highest BCUT2D eigenvalue weighted by molar-refractivity contribution is 5.71. The minimum Gasteiger partial charge on any atom is -0.477 e. The molecule has 0 heterocycles. The fraction of sp³-hybridized carbons (Fsp3) is 0.776. The van der Waals surface area contributed by atoms with Crippen molar-refractivity contribution in [1.29, 1.82) is 0 Å². The Labute approximate surface area is 525 Å². The molecule has 0 fully saturated rings. The van der Waals surface area contributed by atoms with Gasteiger partial charge in [0.05, 0.1) is 34.4 Å². The summed E-state index contributed by atoms with van der Waals surface area (Å²) in [6.07, 6.45) is 87.0. The monoisotopic (exact) mass is 1190 g/mol. The van der Waals surface area contributed by atoms with Crippen molar-refractivity contribution < 1.29 is 42.9 Å². The van der Waals surface area contributed by atoms with Gasteiger partial charge < -0.3 is 28.5 Å². The summed E-state index contributed by atoms with van der Waals surface area (Å²) >= 11 is 0. The lowest BCUT2D eigenvalue weighted by atomic mass is 10.0. The second-order valence-corrected chi connectivity index (χ2v) is 25.2. The van der Waals surface area contributed by atoms with Gasteiger partial charge in [-0.1, -0.05) is 304 Å². The van der Waals surface area contributed by atoms with Gasteiger partial charge in [0.15, 0.2) is 6.10 Å². The number of nitrogens with zero attached hydrogens (tertiary/aromatic N) is 1. The average molecular weight is 1190 g/mol. The molecule has 492 valence electrons. The van der Waals surface area contributed by atoms with Crippen molar-refractivity contribution in [3.05, 3.63) is 85.1 Å². The Morgan fingerprint density at radius 1 is 0.365 bits per heavy atom. The van der Waals surface area contributed by atoms with Crippen LogP contribution in [0.25, 0.3) is 0 Å². The summed E-state index contributed by atoms with van der Waals surface area (Å²) in [6, 6.07) is 0. The van der Waals surface area contributed by atoms with E-state index in [1.165, 1.54) is 218 Å². The maximum absolute atomic E-state index is 13.0. The molecule has 0 radical (unpaired) electrons. The normalized spacial score (nSPS) is 13.2. The number of unbranched alkanes of at least 4 members (excludes halogenated alkanes) is 37. The smallest absolute Gasteiger partial charge is 0.361 e. The van der Waals surface area contributed by atoms with E-state index in [1.54, 1.807) is 0 Å². The number of carbonyl (C=O) groups is 3. The number of carboxylic acids is 1. The maximum atomic E-state index is 13.0. The zero-order valence-corrected chi connectivity index (χ0v) is 56.3. The summed E-state index contributed by atoms with van der Waals surface area (Å²) in [4.78, 5) is 37.7. The molecule has 0 aliphatic heterocycles. The predicted molar refractivity (Wildman–Crippen MR) is 364 cm³/mol. The highest BCUT2D eigenvalue weighted by atomic mass is 16.7. The van der Waals surface area contributed by atoms with Crippen LogP contribution < -0.4 is 0 Å². The molecule has 85 heavy (non-hydrogen) atoms. The molecule has 9 nitrogen and oxygen atoms in total. The molecule has 2 atom stereocenters. The lowest BCUT2D eigenvalue weighted by Crippen LogP contribution is -2.40. The van der Waals surface area contributed by atoms with E-state index in [-0.39, 0.29) is 32.2 Å². The Hall–Kier alpha value is -3.53. The van der Waals surface area contributed by atoms with Crippen molar-refractivity contribution >= 4 is 17.9 Å². The van der Waals surface area contributed by atoms with E-state index in [0.29, 0.717) is 17.4 Å². The first-order valence-corrected chi connectivity index (χ1v) is 35.8. The summed E-state index contributed by atoms with van der Waals surface area (Å²) in [5, 5.41) is 9.75. The van der Waals surface area contributed by atoms with Crippen molar-refractivity contribution in [1.82, 2.24) is 0 Å². The molecule has 0 bridgehead atoms. The van der Waals surface area contributed by atoms with Crippen molar-refractivity contribution in [2.45, 2.75) is 334 Å². The largest absolute Gasteiger partial charge is 0.477 e. The van der Waals surface area contributed by atoms with Crippen molar-refractivity contribution in [2.24, 2.45) is 0 Å². The predicted octanol–water partition coefficient (Wildman–Crippen LogP) is 22.2. The topological polar surface area (TPSA) is 108 Å². The third-order valence-electron chi connectivity index (χ3n) is 15.6. The van der Waals surface area contributed by atoms with Crippen LogP contribution in [0.1, 0.15) is 322 Å². The third kappa shape index (κ3) is 67.8. The Balaban J connectivity index is 4.08. The van der Waals surface area contributed by atoms with E-state index in [2.05, 4.69) is 98.9 Å². The molecule has 0 amide bonds. The average Bonchev–Trinajstić information content (AvgIpc) is 3.48. The molecule has 0 saturated carbocycles. The van der Waals surface area contributed by atoms with Gasteiger partial charge in [-0.15, -0.1) is 0 Å². The van der Waals surface area contributed by atoms with Crippen LogP contribution in [0.15, 0.2) is 85.1 Å². The number of quaternary nitrogens is 1. The molecule has 2 unspecified atom stereocenters. The molecule has 9 heteroatoms. The SMILES string of the molecule is CC/C=C\C/C=C\C/C=C\C/C=C\CCCCCCCCCCCCCCCCCCC(=O)OC(COC(=O)CCCCCCCCCCCCCCCCCC/C=C\C/C=C\C/C=C\CCCCCCC)COC(OCC[N+](C)(C)C)C(=O)O. The van der Waals surface area contributed by atoms with Gasteiger partial charge in [0.1, 0.15) is 13.2 Å². The van der Waals surface area contributed by atoms with Crippen LogP contribution in [-0.2, 0) is 33.3 Å². The van der Waals surface area contributed by atoms with Crippen LogP contribution >= 0.6 is 0 Å². The first-order valence-electron chi connectivity index (χ1n) is 35.8. The number of hydrogen-bond donors (Lipinski definition) is 1. The van der Waals surface area contributed by atoms with Gasteiger partial charge in [-0.05, 0) is 89.9 Å². The molecular weight excluding hydrogens is 1050 g/mol. The fourth-order valence-electron chi connectivity index (χ4n) is 10.2. The van der Waals surface area contributed by atoms with Crippen LogP contribution in [0.2, 0.25) is 0 Å². The number of carboxylic acid groups (broad SMARTS) is 1. The Kier molecular flexibility index (Phi) is 63.7. The van der Waals surface area contributed by atoms with Gasteiger partial charge >= 0.3 is 17.9 Å². The van der Waals surface area contributed by atoms with Gasteiger partial charge in [-0.3, -0.25) is 9.59 Å².